The number of aldehydes is 1. The minimum absolute atomic E-state index is 0.358. The van der Waals surface area contributed by atoms with Crippen LogP contribution < -0.4 is 0 Å². The number of carbonyl (C=O) groups excluding carboxylic acids is 1. The Morgan fingerprint density at radius 2 is 1.80 bits per heavy atom. The second kappa shape index (κ2) is 4.00. The summed E-state index contributed by atoms with van der Waals surface area (Å²) in [5.74, 6) is -0.358. The first kappa shape index (κ1) is 9.52. The monoisotopic (exact) mass is 201 g/mol. The number of aromatic nitrogens is 1. The number of rotatable bonds is 2. The van der Waals surface area contributed by atoms with Crippen LogP contribution in [0.2, 0.25) is 0 Å². The maximum absolute atomic E-state index is 12.6. The van der Waals surface area contributed by atoms with Gasteiger partial charge in [0.05, 0.1) is 11.9 Å². The van der Waals surface area contributed by atoms with Gasteiger partial charge in [0.2, 0.25) is 0 Å². The van der Waals surface area contributed by atoms with Crippen molar-refractivity contribution in [1.82, 2.24) is 4.98 Å². The summed E-state index contributed by atoms with van der Waals surface area (Å²) in [4.78, 5) is 14.4. The van der Waals surface area contributed by atoms with Gasteiger partial charge in [-0.15, -0.1) is 0 Å². The van der Waals surface area contributed by atoms with Crippen LogP contribution in [0.5, 0.6) is 0 Å². The first-order chi connectivity index (χ1) is 7.29. The smallest absolute Gasteiger partial charge is 0.150 e. The van der Waals surface area contributed by atoms with E-state index >= 15 is 0 Å². The zero-order valence-electron chi connectivity index (χ0n) is 7.85. The standard InChI is InChI=1S/C12H8FNO/c13-11-5-6-12(14-7-11)10-3-1-9(8-15)2-4-10/h1-8H. The predicted octanol–water partition coefficient (Wildman–Crippen LogP) is 2.70. The molecular formula is C12H8FNO. The first-order valence-corrected chi connectivity index (χ1v) is 4.47. The molecule has 0 atom stereocenters. The van der Waals surface area contributed by atoms with E-state index in [2.05, 4.69) is 4.98 Å². The van der Waals surface area contributed by atoms with Crippen LogP contribution in [0, 0.1) is 5.82 Å². The average Bonchev–Trinajstić information content (AvgIpc) is 2.30. The van der Waals surface area contributed by atoms with Crippen molar-refractivity contribution in [2.45, 2.75) is 0 Å². The molecule has 0 spiro atoms. The van der Waals surface area contributed by atoms with Crippen LogP contribution in [-0.4, -0.2) is 11.3 Å². The SMILES string of the molecule is O=Cc1ccc(-c2ccc(F)cn2)cc1. The van der Waals surface area contributed by atoms with Crippen LogP contribution in [0.1, 0.15) is 10.4 Å². The molecule has 74 valence electrons. The number of hydrogen-bond acceptors (Lipinski definition) is 2. The van der Waals surface area contributed by atoms with Gasteiger partial charge < -0.3 is 0 Å². The van der Waals surface area contributed by atoms with Gasteiger partial charge >= 0.3 is 0 Å². The number of pyridine rings is 1. The van der Waals surface area contributed by atoms with E-state index in [1.165, 1.54) is 12.3 Å². The molecule has 0 radical (unpaired) electrons. The lowest BCUT2D eigenvalue weighted by atomic mass is 10.1. The Kier molecular flexibility index (Phi) is 2.54. The molecule has 0 aliphatic heterocycles. The quantitative estimate of drug-likeness (QED) is 0.699. The van der Waals surface area contributed by atoms with Crippen LogP contribution >= 0.6 is 0 Å². The highest BCUT2D eigenvalue weighted by molar-refractivity contribution is 5.76. The maximum Gasteiger partial charge on any atom is 0.150 e. The van der Waals surface area contributed by atoms with E-state index in [-0.39, 0.29) is 5.82 Å². The van der Waals surface area contributed by atoms with Gasteiger partial charge in [0.25, 0.3) is 0 Å². The number of hydrogen-bond donors (Lipinski definition) is 0. The summed E-state index contributed by atoms with van der Waals surface area (Å²) in [6.45, 7) is 0. The molecule has 3 heteroatoms. The van der Waals surface area contributed by atoms with Crippen molar-refractivity contribution in [3.05, 3.63) is 54.0 Å². The van der Waals surface area contributed by atoms with E-state index in [0.29, 0.717) is 11.3 Å². The van der Waals surface area contributed by atoms with E-state index < -0.39 is 0 Å². The third-order valence-corrected chi connectivity index (χ3v) is 2.07. The van der Waals surface area contributed by atoms with Gasteiger partial charge in [0, 0.05) is 11.1 Å². The molecule has 0 N–H and O–H groups in total. The Balaban J connectivity index is 2.37. The molecule has 0 unspecified atom stereocenters. The van der Waals surface area contributed by atoms with Gasteiger partial charge in [-0.2, -0.15) is 0 Å². The fourth-order valence-electron chi connectivity index (χ4n) is 1.28. The summed E-state index contributed by atoms with van der Waals surface area (Å²) < 4.78 is 12.6. The molecule has 0 aliphatic rings. The van der Waals surface area contributed by atoms with Gasteiger partial charge in [-0.3, -0.25) is 9.78 Å². The molecule has 2 nitrogen and oxygen atoms in total. The molecule has 15 heavy (non-hydrogen) atoms. The maximum atomic E-state index is 12.6. The molecule has 1 aromatic heterocycles. The summed E-state index contributed by atoms with van der Waals surface area (Å²) >= 11 is 0. The average molecular weight is 201 g/mol. The van der Waals surface area contributed by atoms with Crippen molar-refractivity contribution < 1.29 is 9.18 Å². The molecule has 2 rings (SSSR count). The predicted molar refractivity (Wildman–Crippen MR) is 55.0 cm³/mol. The summed E-state index contributed by atoms with van der Waals surface area (Å²) in [7, 11) is 0. The highest BCUT2D eigenvalue weighted by Gasteiger charge is 1.99. The molecular weight excluding hydrogens is 193 g/mol. The van der Waals surface area contributed by atoms with E-state index in [9.17, 15) is 9.18 Å². The zero-order chi connectivity index (χ0) is 10.7. The van der Waals surface area contributed by atoms with E-state index in [4.69, 9.17) is 0 Å². The number of nitrogens with zero attached hydrogens (tertiary/aromatic N) is 1. The minimum atomic E-state index is -0.358. The Hall–Kier alpha value is -2.03. The Bertz CT molecular complexity index is 462. The van der Waals surface area contributed by atoms with Crippen molar-refractivity contribution in [1.29, 1.82) is 0 Å². The second-order valence-corrected chi connectivity index (χ2v) is 3.10. The first-order valence-electron chi connectivity index (χ1n) is 4.47. The Labute approximate surface area is 86.4 Å². The molecule has 0 fully saturated rings. The van der Waals surface area contributed by atoms with Crippen molar-refractivity contribution in [2.75, 3.05) is 0 Å². The number of benzene rings is 1. The van der Waals surface area contributed by atoms with Gasteiger partial charge in [-0.1, -0.05) is 24.3 Å². The topological polar surface area (TPSA) is 30.0 Å². The van der Waals surface area contributed by atoms with Crippen molar-refractivity contribution in [2.24, 2.45) is 0 Å². The summed E-state index contributed by atoms with van der Waals surface area (Å²) in [6.07, 6.45) is 1.95. The van der Waals surface area contributed by atoms with Crippen LogP contribution in [0.25, 0.3) is 11.3 Å². The number of halogens is 1. The zero-order valence-corrected chi connectivity index (χ0v) is 7.85. The van der Waals surface area contributed by atoms with Crippen LogP contribution in [0.4, 0.5) is 4.39 Å². The molecule has 1 heterocycles. The molecule has 0 aliphatic carbocycles. The molecule has 0 bridgehead atoms. The van der Waals surface area contributed by atoms with Gasteiger partial charge in [-0.05, 0) is 12.1 Å². The fraction of sp³-hybridized carbons (Fsp3) is 0. The highest BCUT2D eigenvalue weighted by atomic mass is 19.1. The van der Waals surface area contributed by atoms with Crippen LogP contribution in [0.3, 0.4) is 0 Å². The lowest BCUT2D eigenvalue weighted by Gasteiger charge is -2.00. The molecule has 2 aromatic rings. The van der Waals surface area contributed by atoms with Crippen molar-refractivity contribution in [3.8, 4) is 11.3 Å². The normalized spacial score (nSPS) is 9.93. The highest BCUT2D eigenvalue weighted by Crippen LogP contribution is 2.16. The lowest BCUT2D eigenvalue weighted by Crippen LogP contribution is -1.85. The van der Waals surface area contributed by atoms with Crippen molar-refractivity contribution in [3.63, 3.8) is 0 Å². The van der Waals surface area contributed by atoms with Gasteiger partial charge in [0.1, 0.15) is 12.1 Å². The Morgan fingerprint density at radius 3 is 2.33 bits per heavy atom. The van der Waals surface area contributed by atoms with E-state index in [1.807, 2.05) is 0 Å². The second-order valence-electron chi connectivity index (χ2n) is 3.10. The molecule has 0 saturated heterocycles. The lowest BCUT2D eigenvalue weighted by molar-refractivity contribution is 0.112. The molecule has 1 aromatic carbocycles. The van der Waals surface area contributed by atoms with Crippen LogP contribution in [0.15, 0.2) is 42.6 Å². The third-order valence-electron chi connectivity index (χ3n) is 2.07. The summed E-state index contributed by atoms with van der Waals surface area (Å²) in [5.41, 5.74) is 2.16. The molecule has 0 amide bonds. The largest absolute Gasteiger partial charge is 0.298 e. The Morgan fingerprint density at radius 1 is 1.07 bits per heavy atom. The summed E-state index contributed by atoms with van der Waals surface area (Å²) in [6, 6.07) is 9.93. The van der Waals surface area contributed by atoms with Crippen molar-refractivity contribution >= 4 is 6.29 Å². The minimum Gasteiger partial charge on any atom is -0.298 e. The van der Waals surface area contributed by atoms with E-state index in [0.717, 1.165) is 11.8 Å². The van der Waals surface area contributed by atoms with Crippen LogP contribution in [-0.2, 0) is 0 Å². The summed E-state index contributed by atoms with van der Waals surface area (Å²) in [5, 5.41) is 0. The van der Waals surface area contributed by atoms with Gasteiger partial charge in [0.15, 0.2) is 0 Å². The fourth-order valence-corrected chi connectivity index (χ4v) is 1.28. The number of carbonyl (C=O) groups is 1. The third kappa shape index (κ3) is 2.07. The van der Waals surface area contributed by atoms with Gasteiger partial charge in [-0.25, -0.2) is 4.39 Å². The molecule has 0 saturated carbocycles. The van der Waals surface area contributed by atoms with E-state index in [1.54, 1.807) is 30.3 Å².